The van der Waals surface area contributed by atoms with E-state index in [0.29, 0.717) is 5.56 Å². The van der Waals surface area contributed by atoms with Crippen LogP contribution in [-0.2, 0) is 9.84 Å². The molecule has 0 radical (unpaired) electrons. The maximum atomic E-state index is 12.0. The first-order valence-corrected chi connectivity index (χ1v) is 6.16. The molecule has 1 rings (SSSR count). The van der Waals surface area contributed by atoms with Crippen LogP contribution in [-0.4, -0.2) is 31.9 Å². The predicted molar refractivity (Wildman–Crippen MR) is 56.2 cm³/mol. The summed E-state index contributed by atoms with van der Waals surface area (Å²) in [5.41, 5.74) is 0.381. The Hall–Kier alpha value is -1.43. The molecule has 0 atom stereocenters. The van der Waals surface area contributed by atoms with Gasteiger partial charge in [-0.2, -0.15) is 0 Å². The molecule has 0 saturated heterocycles. The first kappa shape index (κ1) is 12.6. The molecule has 1 aromatic rings. The molecule has 6 heteroatoms. The second-order valence-electron chi connectivity index (χ2n) is 3.29. The highest BCUT2D eigenvalue weighted by Gasteiger charge is 2.17. The van der Waals surface area contributed by atoms with E-state index in [-0.39, 0.29) is 10.5 Å². The number of rotatable bonds is 4. The largest absolute Gasteiger partial charge is 0.478 e. The van der Waals surface area contributed by atoms with Crippen molar-refractivity contribution < 1.29 is 22.7 Å². The van der Waals surface area contributed by atoms with Gasteiger partial charge in [-0.05, 0) is 24.6 Å². The summed E-state index contributed by atoms with van der Waals surface area (Å²) in [5.74, 6) is -1.83. The number of aryl methyl sites for hydroxylation is 1. The predicted octanol–water partition coefficient (Wildman–Crippen LogP) is 1.44. The van der Waals surface area contributed by atoms with Crippen molar-refractivity contribution in [3.05, 3.63) is 29.3 Å². The Balaban J connectivity index is 3.28. The molecule has 88 valence electrons. The first-order valence-electron chi connectivity index (χ1n) is 4.51. The molecule has 4 nitrogen and oxygen atoms in total. The lowest BCUT2D eigenvalue weighted by molar-refractivity contribution is 0.0696. The molecular weight excluding hydrogens is 235 g/mol. The smallest absolute Gasteiger partial charge is 0.335 e. The zero-order chi connectivity index (χ0) is 12.3. The molecule has 0 aliphatic carbocycles. The topological polar surface area (TPSA) is 71.4 Å². The van der Waals surface area contributed by atoms with E-state index in [4.69, 9.17) is 5.11 Å². The highest BCUT2D eigenvalue weighted by Crippen LogP contribution is 2.17. The number of benzene rings is 1. The minimum absolute atomic E-state index is 0.0834. The number of hydrogen-bond donors (Lipinski definition) is 1. The van der Waals surface area contributed by atoms with Gasteiger partial charge in [0.1, 0.15) is 6.67 Å². The molecule has 0 bridgehead atoms. The third-order valence-electron chi connectivity index (χ3n) is 2.14. The molecule has 0 aliphatic rings. The molecule has 0 fully saturated rings. The van der Waals surface area contributed by atoms with Crippen molar-refractivity contribution in [1.82, 2.24) is 0 Å². The van der Waals surface area contributed by atoms with Crippen molar-refractivity contribution in [2.75, 3.05) is 12.4 Å². The Morgan fingerprint density at radius 1 is 1.44 bits per heavy atom. The SMILES string of the molecule is Cc1ccc(S(=O)(=O)CCF)cc1C(=O)O. The van der Waals surface area contributed by atoms with Crippen LogP contribution >= 0.6 is 0 Å². The Labute approximate surface area is 92.6 Å². The normalized spacial score (nSPS) is 11.4. The highest BCUT2D eigenvalue weighted by atomic mass is 32.2. The van der Waals surface area contributed by atoms with Crippen molar-refractivity contribution in [3.63, 3.8) is 0 Å². The van der Waals surface area contributed by atoms with Crippen molar-refractivity contribution in [1.29, 1.82) is 0 Å². The highest BCUT2D eigenvalue weighted by molar-refractivity contribution is 7.91. The van der Waals surface area contributed by atoms with E-state index in [2.05, 4.69) is 0 Å². The fourth-order valence-corrected chi connectivity index (χ4v) is 2.26. The van der Waals surface area contributed by atoms with E-state index in [1.165, 1.54) is 12.1 Å². The molecule has 0 aromatic heterocycles. The lowest BCUT2D eigenvalue weighted by atomic mass is 10.1. The minimum atomic E-state index is -3.72. The zero-order valence-electron chi connectivity index (χ0n) is 8.60. The quantitative estimate of drug-likeness (QED) is 0.872. The van der Waals surface area contributed by atoms with E-state index in [0.717, 1.165) is 6.07 Å². The van der Waals surface area contributed by atoms with E-state index in [1.807, 2.05) is 0 Å². The molecule has 0 unspecified atom stereocenters. The second kappa shape index (κ2) is 4.61. The molecule has 1 N–H and O–H groups in total. The number of halogens is 1. The van der Waals surface area contributed by atoms with Crippen molar-refractivity contribution in [2.24, 2.45) is 0 Å². The Kier molecular flexibility index (Phi) is 3.64. The molecule has 0 spiro atoms. The maximum Gasteiger partial charge on any atom is 0.335 e. The number of alkyl halides is 1. The standard InChI is InChI=1S/C10H11FO4S/c1-7-2-3-8(6-9(7)10(12)13)16(14,15)5-4-11/h2-3,6H,4-5H2,1H3,(H,12,13). The van der Waals surface area contributed by atoms with Crippen LogP contribution < -0.4 is 0 Å². The van der Waals surface area contributed by atoms with Crippen molar-refractivity contribution in [2.45, 2.75) is 11.8 Å². The van der Waals surface area contributed by atoms with E-state index in [9.17, 15) is 17.6 Å². The molecule has 0 heterocycles. The summed E-state index contributed by atoms with van der Waals surface area (Å²) in [6.45, 7) is 0.577. The lowest BCUT2D eigenvalue weighted by Gasteiger charge is -2.05. The Morgan fingerprint density at radius 3 is 2.56 bits per heavy atom. The zero-order valence-corrected chi connectivity index (χ0v) is 9.42. The minimum Gasteiger partial charge on any atom is -0.478 e. The fraction of sp³-hybridized carbons (Fsp3) is 0.300. The van der Waals surface area contributed by atoms with Gasteiger partial charge in [-0.25, -0.2) is 17.6 Å². The molecule has 0 saturated carbocycles. The van der Waals surface area contributed by atoms with Crippen LogP contribution in [0.15, 0.2) is 23.1 Å². The van der Waals surface area contributed by atoms with Gasteiger partial charge in [-0.15, -0.1) is 0 Å². The summed E-state index contributed by atoms with van der Waals surface area (Å²) < 4.78 is 35.0. The third kappa shape index (κ3) is 2.57. The van der Waals surface area contributed by atoms with Gasteiger partial charge in [0.05, 0.1) is 16.2 Å². The van der Waals surface area contributed by atoms with Crippen LogP contribution in [0, 0.1) is 6.92 Å². The van der Waals surface area contributed by atoms with Crippen LogP contribution in [0.25, 0.3) is 0 Å². The van der Waals surface area contributed by atoms with Gasteiger partial charge in [-0.3, -0.25) is 0 Å². The summed E-state index contributed by atoms with van der Waals surface area (Å²) in [7, 11) is -3.72. The number of sulfone groups is 1. The van der Waals surface area contributed by atoms with Gasteiger partial charge in [0.15, 0.2) is 9.84 Å². The second-order valence-corrected chi connectivity index (χ2v) is 5.40. The summed E-state index contributed by atoms with van der Waals surface area (Å²) in [6, 6.07) is 3.74. The van der Waals surface area contributed by atoms with Gasteiger partial charge in [-0.1, -0.05) is 6.07 Å². The van der Waals surface area contributed by atoms with Gasteiger partial charge in [0.25, 0.3) is 0 Å². The van der Waals surface area contributed by atoms with Crippen molar-refractivity contribution in [3.8, 4) is 0 Å². The number of carbonyl (C=O) groups is 1. The number of carboxylic acids is 1. The van der Waals surface area contributed by atoms with Crippen LogP contribution in [0.3, 0.4) is 0 Å². The lowest BCUT2D eigenvalue weighted by Crippen LogP contribution is -2.10. The molecule has 0 amide bonds. The van der Waals surface area contributed by atoms with Crippen LogP contribution in [0.2, 0.25) is 0 Å². The maximum absolute atomic E-state index is 12.0. The Bertz CT molecular complexity index is 508. The van der Waals surface area contributed by atoms with Gasteiger partial charge >= 0.3 is 5.97 Å². The molecule has 0 aliphatic heterocycles. The number of carboxylic acid groups (broad SMARTS) is 1. The van der Waals surface area contributed by atoms with Gasteiger partial charge in [0.2, 0.25) is 0 Å². The molecule has 16 heavy (non-hydrogen) atoms. The number of aromatic carboxylic acids is 1. The Morgan fingerprint density at radius 2 is 2.06 bits per heavy atom. The summed E-state index contributed by atoms with van der Waals surface area (Å²) in [6.07, 6.45) is 0. The summed E-state index contributed by atoms with van der Waals surface area (Å²) >= 11 is 0. The monoisotopic (exact) mass is 246 g/mol. The molecular formula is C10H11FO4S. The van der Waals surface area contributed by atoms with Gasteiger partial charge < -0.3 is 5.11 Å². The van der Waals surface area contributed by atoms with Crippen LogP contribution in [0.1, 0.15) is 15.9 Å². The van der Waals surface area contributed by atoms with Crippen LogP contribution in [0.4, 0.5) is 4.39 Å². The summed E-state index contributed by atoms with van der Waals surface area (Å²) in [4.78, 5) is 10.6. The van der Waals surface area contributed by atoms with E-state index < -0.39 is 28.2 Å². The average Bonchev–Trinajstić information content (AvgIpc) is 2.17. The average molecular weight is 246 g/mol. The van der Waals surface area contributed by atoms with Crippen molar-refractivity contribution >= 4 is 15.8 Å². The third-order valence-corrected chi connectivity index (χ3v) is 3.81. The van der Waals surface area contributed by atoms with E-state index >= 15 is 0 Å². The van der Waals surface area contributed by atoms with E-state index in [1.54, 1.807) is 6.92 Å². The summed E-state index contributed by atoms with van der Waals surface area (Å²) in [5, 5.41) is 8.82. The first-order chi connectivity index (χ1) is 7.38. The molecule has 1 aromatic carbocycles. The fourth-order valence-electron chi connectivity index (χ4n) is 1.24. The van der Waals surface area contributed by atoms with Crippen LogP contribution in [0.5, 0.6) is 0 Å². The van der Waals surface area contributed by atoms with Gasteiger partial charge in [0, 0.05) is 0 Å². The number of hydrogen-bond acceptors (Lipinski definition) is 3.